The standard InChI is InChI=1S/C26H22Cl4N4OS.C15H8Cl3NO2S.C11H16ClN3.CH4/c1-33-6-8-34(9-7-33)23-4-3-17(13-19(23)29)31-26(35)22-14-18-21(32-22)11-16(28)12-25(18)36-24-5-2-15(27)10-20(24)30;16-7-1-2-13(10(18)3-7)22-14-5-8(17)4-11-9(14)6-12(19-11)15(20)21;1-14-4-6-15(7-5-14)11-3-2-9(13)8-10(11)12;/h2-5,10-14,32H,6-9H2,1H3,(H,31,35);1-6,19H,(H,20,21);2-3,8H,4-7,13H2,1H3;1H4. The van der Waals surface area contributed by atoms with E-state index in [4.69, 9.17) is 104 Å². The Labute approximate surface area is 478 Å². The minimum absolute atomic E-state index is 0. The Hall–Kier alpha value is -4.32. The van der Waals surface area contributed by atoms with Crippen LogP contribution in [0.1, 0.15) is 28.4 Å². The molecule has 0 unspecified atom stereocenters. The highest BCUT2D eigenvalue weighted by Crippen LogP contribution is 2.42. The van der Waals surface area contributed by atoms with Crippen LogP contribution in [0, 0.1) is 0 Å². The smallest absolute Gasteiger partial charge is 0.352 e. The molecule has 0 radical (unpaired) electrons. The van der Waals surface area contributed by atoms with E-state index < -0.39 is 5.97 Å². The maximum absolute atomic E-state index is 13.1. The fraction of sp³-hybridized carbons (Fsp3) is 0.208. The second kappa shape index (κ2) is 25.7. The number of piperazine rings is 2. The monoisotopic (exact) mass is 1190 g/mol. The molecule has 4 heterocycles. The Bertz CT molecular complexity index is 3320. The van der Waals surface area contributed by atoms with E-state index in [0.29, 0.717) is 52.1 Å². The van der Waals surface area contributed by atoms with Gasteiger partial charge in [0, 0.05) is 125 Å². The largest absolute Gasteiger partial charge is 0.477 e. The number of aromatic carboxylic acids is 1. The van der Waals surface area contributed by atoms with Crippen molar-refractivity contribution in [3.05, 3.63) is 161 Å². The number of halogens is 8. The summed E-state index contributed by atoms with van der Waals surface area (Å²) in [6.45, 7) is 8.04. The van der Waals surface area contributed by atoms with Crippen LogP contribution in [0.3, 0.4) is 0 Å². The lowest BCUT2D eigenvalue weighted by molar-refractivity contribution is 0.0691. The first-order valence-electron chi connectivity index (χ1n) is 22.5. The topological polar surface area (TPSA) is 137 Å². The van der Waals surface area contributed by atoms with Crippen molar-refractivity contribution in [3.63, 3.8) is 0 Å². The summed E-state index contributed by atoms with van der Waals surface area (Å²) in [4.78, 5) is 42.7. The molecule has 11 nitrogen and oxygen atoms in total. The average molecular weight is 1190 g/mol. The van der Waals surface area contributed by atoms with Crippen LogP contribution in [0.5, 0.6) is 0 Å². The lowest BCUT2D eigenvalue weighted by atomic mass is 10.2. The molecule has 74 heavy (non-hydrogen) atoms. The molecule has 10 rings (SSSR count). The molecule has 8 aromatic rings. The first-order valence-corrected chi connectivity index (χ1v) is 27.2. The molecule has 0 atom stereocenters. The van der Waals surface area contributed by atoms with Gasteiger partial charge in [-0.15, -0.1) is 0 Å². The van der Waals surface area contributed by atoms with E-state index in [0.717, 1.165) is 110 Å². The molecule has 6 aromatic carbocycles. The lowest BCUT2D eigenvalue weighted by Crippen LogP contribution is -2.44. The molecule has 2 saturated heterocycles. The van der Waals surface area contributed by atoms with E-state index in [-0.39, 0.29) is 19.0 Å². The molecule has 0 bridgehead atoms. The number of nitrogens with two attached hydrogens (primary N) is 1. The van der Waals surface area contributed by atoms with Crippen LogP contribution in [0.25, 0.3) is 21.8 Å². The number of anilines is 4. The van der Waals surface area contributed by atoms with Crippen LogP contribution in [0.4, 0.5) is 22.7 Å². The summed E-state index contributed by atoms with van der Waals surface area (Å²) < 4.78 is 0. The maximum atomic E-state index is 13.1. The Morgan fingerprint density at radius 3 is 1.41 bits per heavy atom. The van der Waals surface area contributed by atoms with Gasteiger partial charge in [-0.05, 0) is 123 Å². The number of carboxylic acid groups (broad SMARTS) is 1. The number of carbonyl (C=O) groups is 2. The number of amides is 1. The summed E-state index contributed by atoms with van der Waals surface area (Å²) in [5.41, 5.74) is 11.0. The average Bonchev–Trinajstić information content (AvgIpc) is 3.98. The Kier molecular flexibility index (Phi) is 19.9. The van der Waals surface area contributed by atoms with Crippen LogP contribution in [-0.4, -0.2) is 103 Å². The SMILES string of the molecule is C.CN1CCN(c2ccc(N)cc2Cl)CC1.CN1CCN(c2ccc(NC(=O)c3cc4c(Sc5ccc(Cl)cc5Cl)cc(Cl)cc4[nH]3)cc2Cl)CC1.O=C(O)c1cc2c(Sc3ccc(Cl)cc3Cl)cc(Cl)cc2[nH]1. The molecule has 388 valence electrons. The number of carboxylic acids is 1. The van der Waals surface area contributed by atoms with Gasteiger partial charge in [0.2, 0.25) is 0 Å². The molecule has 6 N–H and O–H groups in total. The van der Waals surface area contributed by atoms with Gasteiger partial charge >= 0.3 is 5.97 Å². The first-order chi connectivity index (χ1) is 34.9. The molecule has 21 heteroatoms. The molecule has 0 aliphatic carbocycles. The van der Waals surface area contributed by atoms with Crippen molar-refractivity contribution in [2.24, 2.45) is 0 Å². The van der Waals surface area contributed by atoms with Crippen molar-refractivity contribution in [1.82, 2.24) is 19.8 Å². The molecule has 2 aliphatic heterocycles. The van der Waals surface area contributed by atoms with Gasteiger partial charge in [0.1, 0.15) is 11.4 Å². The number of aromatic nitrogens is 2. The van der Waals surface area contributed by atoms with Gasteiger partial charge in [-0.2, -0.15) is 0 Å². The van der Waals surface area contributed by atoms with Crippen molar-refractivity contribution in [2.45, 2.75) is 27.0 Å². The van der Waals surface area contributed by atoms with Gasteiger partial charge in [-0.1, -0.05) is 124 Å². The summed E-state index contributed by atoms with van der Waals surface area (Å²) in [7, 11) is 4.26. The molecular weight excluding hydrogens is 1140 g/mol. The third-order valence-corrected chi connectivity index (χ3v) is 16.5. The summed E-state index contributed by atoms with van der Waals surface area (Å²) in [6.07, 6.45) is 0. The number of rotatable bonds is 9. The number of fused-ring (bicyclic) bond motifs is 2. The van der Waals surface area contributed by atoms with E-state index in [1.54, 1.807) is 54.6 Å². The number of hydrogen-bond acceptors (Lipinski definition) is 9. The van der Waals surface area contributed by atoms with Crippen LogP contribution in [0.2, 0.25) is 40.2 Å². The zero-order valence-electron chi connectivity index (χ0n) is 39.0. The minimum atomic E-state index is -1.02. The minimum Gasteiger partial charge on any atom is -0.477 e. The van der Waals surface area contributed by atoms with Gasteiger partial charge in [-0.25, -0.2) is 4.79 Å². The van der Waals surface area contributed by atoms with Gasteiger partial charge in [0.05, 0.1) is 31.5 Å². The third kappa shape index (κ3) is 14.6. The van der Waals surface area contributed by atoms with E-state index >= 15 is 0 Å². The number of likely N-dealkylation sites (N-methyl/N-ethyl adjacent to an activating group) is 2. The second-order valence-corrected chi connectivity index (χ2v) is 22.7. The Morgan fingerprint density at radius 1 is 0.514 bits per heavy atom. The van der Waals surface area contributed by atoms with Gasteiger partial charge in [0.15, 0.2) is 0 Å². The fourth-order valence-corrected chi connectivity index (χ4v) is 12.2. The van der Waals surface area contributed by atoms with Gasteiger partial charge in [0.25, 0.3) is 5.91 Å². The van der Waals surface area contributed by atoms with Crippen LogP contribution in [-0.2, 0) is 0 Å². The summed E-state index contributed by atoms with van der Waals surface area (Å²) in [6, 6.07) is 32.4. The lowest BCUT2D eigenvalue weighted by Gasteiger charge is -2.34. The van der Waals surface area contributed by atoms with Crippen molar-refractivity contribution in [2.75, 3.05) is 87.3 Å². The fourth-order valence-electron chi connectivity index (χ4n) is 8.01. The highest BCUT2D eigenvalue weighted by atomic mass is 35.5. The molecule has 0 spiro atoms. The zero-order chi connectivity index (χ0) is 52.1. The Morgan fingerprint density at radius 2 is 0.959 bits per heavy atom. The number of H-pyrrole nitrogens is 2. The molecular formula is C53H50Cl8N8O3S2. The highest BCUT2D eigenvalue weighted by Gasteiger charge is 2.20. The van der Waals surface area contributed by atoms with Crippen molar-refractivity contribution in [1.29, 1.82) is 0 Å². The number of carbonyl (C=O) groups excluding carboxylic acids is 1. The van der Waals surface area contributed by atoms with Gasteiger partial charge in [-0.3, -0.25) is 4.79 Å². The number of hydrogen-bond donors (Lipinski definition) is 5. The summed E-state index contributed by atoms with van der Waals surface area (Å²) in [5, 5.41) is 18.3. The van der Waals surface area contributed by atoms with Crippen molar-refractivity contribution >= 4 is 173 Å². The zero-order valence-corrected chi connectivity index (χ0v) is 46.7. The third-order valence-electron chi connectivity index (χ3n) is 11.9. The second-order valence-electron chi connectivity index (χ2n) is 17.2. The number of nitrogens with one attached hydrogen (secondary N) is 3. The van der Waals surface area contributed by atoms with E-state index in [1.165, 1.54) is 23.5 Å². The molecule has 2 fully saturated rings. The number of benzene rings is 6. The summed E-state index contributed by atoms with van der Waals surface area (Å²) in [5.74, 6) is -1.29. The maximum Gasteiger partial charge on any atom is 0.352 e. The van der Waals surface area contributed by atoms with Crippen molar-refractivity contribution < 1.29 is 14.7 Å². The highest BCUT2D eigenvalue weighted by molar-refractivity contribution is 8.00. The number of aromatic amines is 2. The molecule has 0 saturated carbocycles. The van der Waals surface area contributed by atoms with E-state index in [1.807, 2.05) is 54.6 Å². The number of nitrogen functional groups attached to an aromatic ring is 1. The van der Waals surface area contributed by atoms with Crippen LogP contribution in [0.15, 0.2) is 129 Å². The number of nitrogens with zero attached hydrogens (tertiary/aromatic N) is 4. The molecule has 1 amide bonds. The van der Waals surface area contributed by atoms with E-state index in [9.17, 15) is 9.59 Å². The quantitative estimate of drug-likeness (QED) is 0.0889. The predicted octanol–water partition coefficient (Wildman–Crippen LogP) is 16.2. The predicted molar refractivity (Wildman–Crippen MR) is 316 cm³/mol. The van der Waals surface area contributed by atoms with Crippen molar-refractivity contribution in [3.8, 4) is 0 Å². The summed E-state index contributed by atoms with van der Waals surface area (Å²) >= 11 is 52.6. The first kappa shape index (κ1) is 57.4. The normalized spacial score (nSPS) is 14.0. The van der Waals surface area contributed by atoms with E-state index in [2.05, 4.69) is 49.0 Å². The molecule has 2 aliphatic rings. The van der Waals surface area contributed by atoms with Crippen LogP contribution >= 0.6 is 116 Å². The Balaban J connectivity index is 0.000000179. The van der Waals surface area contributed by atoms with Crippen LogP contribution < -0.4 is 20.9 Å². The van der Waals surface area contributed by atoms with Gasteiger partial charge < -0.3 is 45.7 Å². The molecule has 2 aromatic heterocycles.